The van der Waals surface area contributed by atoms with Gasteiger partial charge in [0.1, 0.15) is 24.5 Å². The fraction of sp³-hybridized carbons (Fsp3) is 0.395. The first kappa shape index (κ1) is 40.1. The van der Waals surface area contributed by atoms with Crippen molar-refractivity contribution in [1.29, 1.82) is 0 Å². The minimum absolute atomic E-state index is 0.0390. The number of alkyl carbamates (subject to hydrolysis) is 1. The lowest BCUT2D eigenvalue weighted by Crippen LogP contribution is -2.51. The molecule has 15 nitrogen and oxygen atoms in total. The quantitative estimate of drug-likeness (QED) is 0.161. The van der Waals surface area contributed by atoms with Gasteiger partial charge in [0.25, 0.3) is 0 Å². The number of H-pyrrole nitrogens is 1. The van der Waals surface area contributed by atoms with E-state index in [0.717, 1.165) is 40.8 Å². The lowest BCUT2D eigenvalue weighted by molar-refractivity contribution is -0.146. The second-order valence-electron chi connectivity index (χ2n) is 15.0. The van der Waals surface area contributed by atoms with Gasteiger partial charge in [-0.1, -0.05) is 92.7 Å². The number of aromatic amines is 1. The van der Waals surface area contributed by atoms with Crippen LogP contribution in [0.2, 0.25) is 0 Å². The molecule has 0 saturated carbocycles. The molecule has 3 N–H and O–H groups in total. The summed E-state index contributed by atoms with van der Waals surface area (Å²) in [5, 5.41) is 5.38. The predicted molar refractivity (Wildman–Crippen MR) is 211 cm³/mol. The van der Waals surface area contributed by atoms with Crippen molar-refractivity contribution >= 4 is 29.8 Å². The van der Waals surface area contributed by atoms with E-state index in [0.29, 0.717) is 31.1 Å². The minimum atomic E-state index is -1.09. The monoisotopic (exact) mass is 792 g/mol. The maximum Gasteiger partial charge on any atom is 0.410 e. The molecule has 3 fully saturated rings. The first-order chi connectivity index (χ1) is 28.0. The summed E-state index contributed by atoms with van der Waals surface area (Å²) >= 11 is 0. The number of benzene rings is 3. The number of methoxy groups -OCH3 is 1. The molecule has 1 spiro atoms. The number of amides is 4. The normalized spacial score (nSPS) is 19.0. The van der Waals surface area contributed by atoms with Crippen molar-refractivity contribution in [3.63, 3.8) is 0 Å². The number of imidazole rings is 1. The summed E-state index contributed by atoms with van der Waals surface area (Å²) in [6.45, 7) is 4.87. The van der Waals surface area contributed by atoms with Crippen molar-refractivity contribution in [2.75, 3.05) is 40.0 Å². The van der Waals surface area contributed by atoms with Crippen LogP contribution in [-0.4, -0.2) is 107 Å². The van der Waals surface area contributed by atoms with Gasteiger partial charge in [0, 0.05) is 18.5 Å². The van der Waals surface area contributed by atoms with Gasteiger partial charge in [-0.05, 0) is 41.0 Å². The molecule has 3 aliphatic heterocycles. The smallest absolute Gasteiger partial charge is 0.410 e. The summed E-state index contributed by atoms with van der Waals surface area (Å²) in [6, 6.07) is 22.4. The second-order valence-corrected chi connectivity index (χ2v) is 15.0. The third kappa shape index (κ3) is 8.90. The van der Waals surface area contributed by atoms with Crippen LogP contribution in [0.15, 0.2) is 85.1 Å². The molecule has 3 aliphatic rings. The Balaban J connectivity index is 0.942. The zero-order chi connectivity index (χ0) is 40.8. The number of rotatable bonds is 12. The highest BCUT2D eigenvalue weighted by atomic mass is 16.7. The zero-order valence-corrected chi connectivity index (χ0v) is 32.8. The van der Waals surface area contributed by atoms with E-state index < -0.39 is 36.0 Å². The van der Waals surface area contributed by atoms with Gasteiger partial charge in [0.05, 0.1) is 51.3 Å². The van der Waals surface area contributed by atoms with Gasteiger partial charge in [0.15, 0.2) is 11.6 Å². The average Bonchev–Trinajstić information content (AvgIpc) is 4.09. The van der Waals surface area contributed by atoms with E-state index in [1.54, 1.807) is 23.2 Å². The lowest BCUT2D eigenvalue weighted by Gasteiger charge is -2.30. The molecule has 58 heavy (non-hydrogen) atoms. The molecule has 3 unspecified atom stereocenters. The molecule has 1 aromatic heterocycles. The molecular formula is C43H48N6O9. The number of ketones is 1. The SMILES string of the molecule is COC(=O)NC(C(=O)N1CCCC1c1ncc(-c2ccc(-c3ccc(C(=O)CNC(=O)C4CC5(CN4C(=O)OCc4ccccc4)OCCO5)cc3)cc2)[nH]1)C(C)C. The van der Waals surface area contributed by atoms with Crippen LogP contribution in [-0.2, 0) is 35.1 Å². The number of aromatic nitrogens is 2. The zero-order valence-electron chi connectivity index (χ0n) is 32.8. The Bertz CT molecular complexity index is 2100. The summed E-state index contributed by atoms with van der Waals surface area (Å²) in [4.78, 5) is 76.3. The number of likely N-dealkylation sites (tertiary alicyclic amines) is 2. The number of nitrogens with one attached hydrogen (secondary N) is 3. The van der Waals surface area contributed by atoms with E-state index in [2.05, 4.69) is 20.6 Å². The van der Waals surface area contributed by atoms with Gasteiger partial charge in [0.2, 0.25) is 11.8 Å². The number of ether oxygens (including phenoxy) is 4. The molecule has 304 valence electrons. The molecule has 4 aromatic rings. The van der Waals surface area contributed by atoms with E-state index in [9.17, 15) is 24.0 Å². The van der Waals surface area contributed by atoms with Gasteiger partial charge < -0.3 is 39.5 Å². The first-order valence-electron chi connectivity index (χ1n) is 19.5. The van der Waals surface area contributed by atoms with E-state index in [-0.39, 0.29) is 49.8 Å². The van der Waals surface area contributed by atoms with Crippen LogP contribution < -0.4 is 10.6 Å². The Hall–Kier alpha value is -6.06. The summed E-state index contributed by atoms with van der Waals surface area (Å²) in [5.41, 5.74) is 4.79. The van der Waals surface area contributed by atoms with Gasteiger partial charge in [-0.25, -0.2) is 14.6 Å². The first-order valence-corrected chi connectivity index (χ1v) is 19.5. The van der Waals surface area contributed by atoms with Gasteiger partial charge in [-0.2, -0.15) is 0 Å². The fourth-order valence-electron chi connectivity index (χ4n) is 7.70. The van der Waals surface area contributed by atoms with E-state index in [1.807, 2.05) is 80.6 Å². The van der Waals surface area contributed by atoms with Crippen molar-refractivity contribution in [3.05, 3.63) is 102 Å². The largest absolute Gasteiger partial charge is 0.453 e. The standard InChI is InChI=1S/C43H48N6O9/c1-27(2)37(47-41(53)55-3)40(52)48-19-7-10-34(48)38-44-23-33(46-38)31-15-11-29(12-16-31)30-13-17-32(18-14-30)36(50)24-45-39(51)35-22-43(57-20-21-58-43)26-49(35)42(54)56-25-28-8-5-4-6-9-28/h4-6,8-9,11-18,23,27,34-35,37H,7,10,19-22,24-26H2,1-3H3,(H,44,46)(H,45,51)(H,47,53). The number of Topliss-reactive ketones (excluding diaryl/α,β-unsaturated/α-hetero) is 1. The highest BCUT2D eigenvalue weighted by Gasteiger charge is 2.53. The van der Waals surface area contributed by atoms with Gasteiger partial charge in [-0.15, -0.1) is 0 Å². The Morgan fingerprint density at radius 3 is 2.26 bits per heavy atom. The third-order valence-electron chi connectivity index (χ3n) is 10.8. The molecular weight excluding hydrogens is 745 g/mol. The summed E-state index contributed by atoms with van der Waals surface area (Å²) in [6.07, 6.45) is 2.15. The van der Waals surface area contributed by atoms with Crippen molar-refractivity contribution < 1.29 is 42.9 Å². The van der Waals surface area contributed by atoms with E-state index >= 15 is 0 Å². The molecule has 7 rings (SSSR count). The Kier molecular flexibility index (Phi) is 12.2. The van der Waals surface area contributed by atoms with Crippen LogP contribution in [0.4, 0.5) is 9.59 Å². The highest BCUT2D eigenvalue weighted by molar-refractivity contribution is 6.00. The average molecular weight is 793 g/mol. The van der Waals surface area contributed by atoms with Gasteiger partial charge >= 0.3 is 12.2 Å². The fourth-order valence-corrected chi connectivity index (χ4v) is 7.70. The van der Waals surface area contributed by atoms with Crippen molar-refractivity contribution in [2.45, 2.75) is 63.6 Å². The Labute approximate surface area is 336 Å². The topological polar surface area (TPSA) is 181 Å². The molecule has 3 saturated heterocycles. The van der Waals surface area contributed by atoms with Crippen LogP contribution >= 0.6 is 0 Å². The molecule has 4 heterocycles. The number of carbonyl (C=O) groups is 5. The Morgan fingerprint density at radius 1 is 0.914 bits per heavy atom. The summed E-state index contributed by atoms with van der Waals surface area (Å²) in [7, 11) is 1.27. The van der Waals surface area contributed by atoms with E-state index in [1.165, 1.54) is 12.0 Å². The molecule has 0 bridgehead atoms. The minimum Gasteiger partial charge on any atom is -0.453 e. The molecule has 3 aromatic carbocycles. The molecule has 15 heteroatoms. The van der Waals surface area contributed by atoms with Crippen LogP contribution in [0.25, 0.3) is 22.4 Å². The number of nitrogens with zero attached hydrogens (tertiary/aromatic N) is 3. The number of carbonyl (C=O) groups excluding carboxylic acids is 5. The number of hydrogen-bond acceptors (Lipinski definition) is 10. The van der Waals surface area contributed by atoms with Crippen LogP contribution in [0.5, 0.6) is 0 Å². The second kappa shape index (κ2) is 17.6. The molecule has 0 aliphatic carbocycles. The molecule has 4 amide bonds. The predicted octanol–water partition coefficient (Wildman–Crippen LogP) is 5.24. The van der Waals surface area contributed by atoms with Gasteiger partial charge in [-0.3, -0.25) is 19.3 Å². The van der Waals surface area contributed by atoms with Crippen molar-refractivity contribution in [2.24, 2.45) is 5.92 Å². The Morgan fingerprint density at radius 2 is 1.59 bits per heavy atom. The lowest BCUT2D eigenvalue weighted by atomic mass is 10.0. The van der Waals surface area contributed by atoms with Crippen molar-refractivity contribution in [3.8, 4) is 22.4 Å². The van der Waals surface area contributed by atoms with Crippen LogP contribution in [0.3, 0.4) is 0 Å². The van der Waals surface area contributed by atoms with Crippen LogP contribution in [0.1, 0.15) is 60.9 Å². The maximum absolute atomic E-state index is 13.5. The summed E-state index contributed by atoms with van der Waals surface area (Å²) < 4.78 is 21.9. The molecule has 3 atom stereocenters. The van der Waals surface area contributed by atoms with E-state index in [4.69, 9.17) is 18.9 Å². The van der Waals surface area contributed by atoms with Crippen molar-refractivity contribution in [1.82, 2.24) is 30.4 Å². The summed E-state index contributed by atoms with van der Waals surface area (Å²) in [5.74, 6) is -1.48. The molecule has 0 radical (unpaired) electrons. The van der Waals surface area contributed by atoms with Crippen LogP contribution in [0, 0.1) is 5.92 Å². The third-order valence-corrected chi connectivity index (χ3v) is 10.8. The maximum atomic E-state index is 13.5. The number of hydrogen-bond donors (Lipinski definition) is 3. The highest BCUT2D eigenvalue weighted by Crippen LogP contribution is 2.36.